The van der Waals surface area contributed by atoms with E-state index in [1.807, 2.05) is 0 Å². The first-order valence-electron chi connectivity index (χ1n) is 14.6. The van der Waals surface area contributed by atoms with Crippen molar-refractivity contribution in [1.82, 2.24) is 4.90 Å². The fourth-order valence-electron chi connectivity index (χ4n) is 7.62. The Bertz CT molecular complexity index is 1800. The van der Waals surface area contributed by atoms with Gasteiger partial charge in [0, 0.05) is 47.4 Å². The number of anilines is 2. The number of halogens is 3. The number of rotatable bonds is 6. The van der Waals surface area contributed by atoms with Crippen molar-refractivity contribution in [3.05, 3.63) is 97.3 Å². The van der Waals surface area contributed by atoms with E-state index in [2.05, 4.69) is 10.2 Å². The highest BCUT2D eigenvalue weighted by Gasteiger charge is 2.70. The average molecular weight is 653 g/mol. The highest BCUT2D eigenvalue weighted by atomic mass is 35.5. The molecule has 1 spiro atoms. The molecule has 0 bridgehead atoms. The molecule has 13 heteroatoms. The molecule has 3 heterocycles. The summed E-state index contributed by atoms with van der Waals surface area (Å²) in [5, 5.41) is 15.4. The van der Waals surface area contributed by atoms with E-state index in [1.165, 1.54) is 30.2 Å². The first-order valence-corrected chi connectivity index (χ1v) is 15.3. The van der Waals surface area contributed by atoms with E-state index in [0.29, 0.717) is 35.2 Å². The number of amides is 2. The van der Waals surface area contributed by atoms with Crippen LogP contribution in [0.5, 0.6) is 0 Å². The molecule has 2 saturated heterocycles. The second-order valence-electron chi connectivity index (χ2n) is 12.0. The zero-order chi connectivity index (χ0) is 31.8. The SMILES string of the molecule is COC(=O)c1ccc(N2CC[C@@H]3[C@H](C2=O)[C@@H](c2cccc(Cl)c2F)[C@@]2(C(=O)Nc4cc(Cl)ccc42)N3CC2CC2)c([N+](=O)[O-])c1. The second kappa shape index (κ2) is 10.8. The predicted octanol–water partition coefficient (Wildman–Crippen LogP) is 5.91. The van der Waals surface area contributed by atoms with Gasteiger partial charge in [-0.3, -0.25) is 24.6 Å². The maximum absolute atomic E-state index is 16.1. The molecule has 0 unspecified atom stereocenters. The van der Waals surface area contributed by atoms with Crippen molar-refractivity contribution in [3.63, 3.8) is 0 Å². The number of nitrogens with one attached hydrogen (secondary N) is 1. The number of likely N-dealkylation sites (tertiary alicyclic amines) is 1. The summed E-state index contributed by atoms with van der Waals surface area (Å²) in [6, 6.07) is 12.9. The highest BCUT2D eigenvalue weighted by Crippen LogP contribution is 2.62. The number of piperidine rings is 1. The number of carbonyl (C=O) groups excluding carboxylic acids is 3. The average Bonchev–Trinajstić information content (AvgIpc) is 3.74. The van der Waals surface area contributed by atoms with Crippen LogP contribution >= 0.6 is 23.2 Å². The number of fused-ring (bicyclic) bond motifs is 3. The molecule has 45 heavy (non-hydrogen) atoms. The Balaban J connectivity index is 1.44. The van der Waals surface area contributed by atoms with Gasteiger partial charge < -0.3 is 15.0 Å². The lowest BCUT2D eigenvalue weighted by molar-refractivity contribution is -0.384. The van der Waals surface area contributed by atoms with Gasteiger partial charge in [0.2, 0.25) is 11.8 Å². The molecule has 3 aromatic carbocycles. The van der Waals surface area contributed by atoms with E-state index in [9.17, 15) is 24.5 Å². The van der Waals surface area contributed by atoms with Gasteiger partial charge in [-0.25, -0.2) is 9.18 Å². The van der Waals surface area contributed by atoms with Gasteiger partial charge in [0.05, 0.1) is 28.5 Å². The number of carbonyl (C=O) groups is 3. The Kier molecular flexibility index (Phi) is 7.10. The van der Waals surface area contributed by atoms with Gasteiger partial charge in [0.25, 0.3) is 5.69 Å². The van der Waals surface area contributed by atoms with E-state index in [0.717, 1.165) is 18.9 Å². The molecule has 7 rings (SSSR count). The Labute approximate surface area is 267 Å². The predicted molar refractivity (Wildman–Crippen MR) is 164 cm³/mol. The van der Waals surface area contributed by atoms with E-state index in [1.54, 1.807) is 30.3 Å². The number of hydrogen-bond donors (Lipinski definition) is 1. The normalized spacial score (nSPS) is 25.7. The summed E-state index contributed by atoms with van der Waals surface area (Å²) in [5.41, 5.74) is -0.783. The molecular weight excluding hydrogens is 626 g/mol. The van der Waals surface area contributed by atoms with Crippen molar-refractivity contribution >= 4 is 58.0 Å². The van der Waals surface area contributed by atoms with Crippen molar-refractivity contribution in [1.29, 1.82) is 0 Å². The Hall–Kier alpha value is -4.06. The zero-order valence-electron chi connectivity index (χ0n) is 24.0. The smallest absolute Gasteiger partial charge is 0.338 e. The summed E-state index contributed by atoms with van der Waals surface area (Å²) in [6.45, 7) is 0.617. The fraction of sp³-hybridized carbons (Fsp3) is 0.344. The lowest BCUT2D eigenvalue weighted by Gasteiger charge is -2.40. The standard InChI is InChI=1S/C32H27Cl2FN4O6/c1-45-30(41)17-7-10-23(25(13-17)39(43)44)37-12-11-24-26(29(37)40)27(19-3-2-4-21(34)28(19)35)32(38(24)15-16-5-6-16)20-9-8-18(33)14-22(20)36-31(32)42/h2-4,7-10,13-14,16,24,26-27H,5-6,11-12,15H2,1H3,(H,36,42)/t24-,26+,27-,32+/m1/s1. The molecule has 2 amide bonds. The molecule has 1 N–H and O–H groups in total. The van der Waals surface area contributed by atoms with Crippen LogP contribution in [0.15, 0.2) is 54.6 Å². The summed E-state index contributed by atoms with van der Waals surface area (Å²) in [7, 11) is 1.17. The first kappa shape index (κ1) is 29.6. The number of nitrogens with zero attached hydrogens (tertiary/aromatic N) is 3. The number of esters is 1. The molecule has 1 aliphatic carbocycles. The fourth-order valence-corrected chi connectivity index (χ4v) is 7.97. The largest absolute Gasteiger partial charge is 0.465 e. The van der Waals surface area contributed by atoms with E-state index < -0.39 is 57.6 Å². The zero-order valence-corrected chi connectivity index (χ0v) is 25.5. The third-order valence-corrected chi connectivity index (χ3v) is 10.1. The molecule has 3 aliphatic heterocycles. The van der Waals surface area contributed by atoms with Gasteiger partial charge in [-0.15, -0.1) is 0 Å². The van der Waals surface area contributed by atoms with Crippen LogP contribution in [0.2, 0.25) is 10.0 Å². The third-order valence-electron chi connectivity index (χ3n) is 9.62. The van der Waals surface area contributed by atoms with E-state index in [-0.39, 0.29) is 28.4 Å². The lowest BCUT2D eigenvalue weighted by Crippen LogP contribution is -2.54. The van der Waals surface area contributed by atoms with Crippen LogP contribution in [0, 0.1) is 27.8 Å². The summed E-state index contributed by atoms with van der Waals surface area (Å²) >= 11 is 12.6. The monoisotopic (exact) mass is 652 g/mol. The molecule has 1 saturated carbocycles. The summed E-state index contributed by atoms with van der Waals surface area (Å²) < 4.78 is 20.9. The molecular formula is C32H27Cl2FN4O6. The number of methoxy groups -OCH3 is 1. The van der Waals surface area contributed by atoms with Crippen LogP contribution in [0.4, 0.5) is 21.5 Å². The van der Waals surface area contributed by atoms with Crippen LogP contribution in [0.25, 0.3) is 0 Å². The maximum atomic E-state index is 16.1. The molecule has 3 aromatic rings. The van der Waals surface area contributed by atoms with Crippen LogP contribution in [-0.2, 0) is 19.9 Å². The van der Waals surface area contributed by atoms with Crippen LogP contribution < -0.4 is 10.2 Å². The summed E-state index contributed by atoms with van der Waals surface area (Å²) in [5.74, 6) is -4.09. The number of benzene rings is 3. The molecule has 3 fully saturated rings. The van der Waals surface area contributed by atoms with Gasteiger partial charge in [-0.1, -0.05) is 41.4 Å². The summed E-state index contributed by atoms with van der Waals surface area (Å²) in [4.78, 5) is 56.3. The van der Waals surface area contributed by atoms with E-state index >= 15 is 4.39 Å². The summed E-state index contributed by atoms with van der Waals surface area (Å²) in [6.07, 6.45) is 2.29. The molecule has 232 valence electrons. The van der Waals surface area contributed by atoms with Crippen LogP contribution in [0.1, 0.15) is 46.7 Å². The minimum atomic E-state index is -1.48. The highest BCUT2D eigenvalue weighted by molar-refractivity contribution is 6.31. The van der Waals surface area contributed by atoms with Crippen molar-refractivity contribution in [2.24, 2.45) is 11.8 Å². The molecule has 0 radical (unpaired) electrons. The quantitative estimate of drug-likeness (QED) is 0.200. The van der Waals surface area contributed by atoms with Gasteiger partial charge in [0.1, 0.15) is 17.0 Å². The van der Waals surface area contributed by atoms with Gasteiger partial charge in [0.15, 0.2) is 0 Å². The molecule has 0 aromatic heterocycles. The lowest BCUT2D eigenvalue weighted by atomic mass is 9.70. The Morgan fingerprint density at radius 1 is 1.13 bits per heavy atom. The van der Waals surface area contributed by atoms with Crippen molar-refractivity contribution in [3.8, 4) is 0 Å². The van der Waals surface area contributed by atoms with Crippen LogP contribution in [-0.4, -0.2) is 53.8 Å². The number of ether oxygens (including phenoxy) is 1. The number of nitro benzene ring substituents is 1. The van der Waals surface area contributed by atoms with Crippen molar-refractivity contribution in [2.75, 3.05) is 30.4 Å². The van der Waals surface area contributed by atoms with Crippen molar-refractivity contribution in [2.45, 2.75) is 36.8 Å². The van der Waals surface area contributed by atoms with Crippen molar-refractivity contribution < 1.29 is 28.4 Å². The van der Waals surface area contributed by atoms with Gasteiger partial charge in [-0.05, 0) is 61.1 Å². The molecule has 4 aliphatic rings. The number of nitro groups is 1. The Morgan fingerprint density at radius 2 is 1.91 bits per heavy atom. The van der Waals surface area contributed by atoms with Crippen LogP contribution in [0.3, 0.4) is 0 Å². The van der Waals surface area contributed by atoms with Gasteiger partial charge in [-0.2, -0.15) is 0 Å². The maximum Gasteiger partial charge on any atom is 0.338 e. The second-order valence-corrected chi connectivity index (χ2v) is 12.8. The van der Waals surface area contributed by atoms with Gasteiger partial charge >= 0.3 is 5.97 Å². The van der Waals surface area contributed by atoms with E-state index in [4.69, 9.17) is 27.9 Å². The molecule has 10 nitrogen and oxygen atoms in total. The first-order chi connectivity index (χ1) is 21.6. The minimum Gasteiger partial charge on any atom is -0.465 e. The minimum absolute atomic E-state index is 0.000771. The molecule has 4 atom stereocenters. The Morgan fingerprint density at radius 3 is 2.62 bits per heavy atom. The third kappa shape index (κ3) is 4.43. The number of hydrogen-bond acceptors (Lipinski definition) is 7. The topological polar surface area (TPSA) is 122 Å².